The van der Waals surface area contributed by atoms with Crippen LogP contribution in [0.2, 0.25) is 0 Å². The van der Waals surface area contributed by atoms with Crippen molar-refractivity contribution in [3.8, 4) is 0 Å². The molecule has 200 valence electrons. The van der Waals surface area contributed by atoms with E-state index in [9.17, 15) is 22.8 Å². The Balaban J connectivity index is 1.14. The Morgan fingerprint density at radius 1 is 1.08 bits per heavy atom. The Hall–Kier alpha value is -3.43. The molecule has 4 fully saturated rings. The molecule has 4 bridgehead atoms. The Morgan fingerprint density at radius 3 is 2.37 bits per heavy atom. The van der Waals surface area contributed by atoms with E-state index in [1.165, 1.54) is 62.7 Å². The number of aromatic nitrogens is 3. The van der Waals surface area contributed by atoms with Crippen LogP contribution in [0.15, 0.2) is 42.7 Å². The van der Waals surface area contributed by atoms with Gasteiger partial charge >= 0.3 is 6.18 Å². The fourth-order valence-corrected chi connectivity index (χ4v) is 7.36. The summed E-state index contributed by atoms with van der Waals surface area (Å²) in [6, 6.07) is 7.38. The van der Waals surface area contributed by atoms with Crippen LogP contribution in [-0.4, -0.2) is 44.7 Å². The molecule has 4 aliphatic carbocycles. The molecular weight excluding hydrogens is 495 g/mol. The van der Waals surface area contributed by atoms with E-state index in [0.29, 0.717) is 23.6 Å². The van der Waals surface area contributed by atoms with Gasteiger partial charge in [-0.1, -0.05) is 6.07 Å². The van der Waals surface area contributed by atoms with Crippen molar-refractivity contribution in [1.82, 2.24) is 24.6 Å². The van der Waals surface area contributed by atoms with Crippen LogP contribution in [0.25, 0.3) is 5.65 Å². The Bertz CT molecular complexity index is 1350. The number of nitrogens with zero attached hydrogens (tertiary/aromatic N) is 4. The normalized spacial score (nSPS) is 26.1. The van der Waals surface area contributed by atoms with Crippen molar-refractivity contribution >= 4 is 17.5 Å². The van der Waals surface area contributed by atoms with Crippen molar-refractivity contribution in [2.45, 2.75) is 51.2 Å². The van der Waals surface area contributed by atoms with Crippen LogP contribution in [0.4, 0.5) is 13.2 Å². The number of alkyl halides is 3. The van der Waals surface area contributed by atoms with Gasteiger partial charge in [0.15, 0.2) is 0 Å². The molecule has 3 aromatic heterocycles. The summed E-state index contributed by atoms with van der Waals surface area (Å²) in [4.78, 5) is 35.9. The van der Waals surface area contributed by atoms with Gasteiger partial charge in [-0.25, -0.2) is 4.98 Å². The van der Waals surface area contributed by atoms with Gasteiger partial charge in [0.05, 0.1) is 17.8 Å². The number of halogens is 3. The number of carbonyl (C=O) groups is 2. The number of fused-ring (bicyclic) bond motifs is 1. The highest BCUT2D eigenvalue weighted by atomic mass is 19.4. The van der Waals surface area contributed by atoms with Crippen molar-refractivity contribution in [2.24, 2.45) is 23.2 Å². The first-order valence-corrected chi connectivity index (χ1v) is 13.1. The average molecular weight is 526 g/mol. The smallest absolute Gasteiger partial charge is 0.350 e. The van der Waals surface area contributed by atoms with Gasteiger partial charge in [0.2, 0.25) is 0 Å². The van der Waals surface area contributed by atoms with Crippen LogP contribution in [0.3, 0.4) is 0 Å². The number of imidazole rings is 1. The number of hydrogen-bond acceptors (Lipinski definition) is 4. The van der Waals surface area contributed by atoms with E-state index in [-0.39, 0.29) is 23.6 Å². The van der Waals surface area contributed by atoms with E-state index in [2.05, 4.69) is 15.3 Å². The van der Waals surface area contributed by atoms with E-state index < -0.39 is 17.6 Å². The Morgan fingerprint density at radius 2 is 1.76 bits per heavy atom. The number of hydrogen-bond donors (Lipinski definition) is 1. The molecule has 0 unspecified atom stereocenters. The maximum Gasteiger partial charge on any atom is 0.417 e. The molecular formula is C28H30F3N5O2. The lowest BCUT2D eigenvalue weighted by atomic mass is 9.49. The predicted octanol–water partition coefficient (Wildman–Crippen LogP) is 4.97. The highest BCUT2D eigenvalue weighted by Crippen LogP contribution is 2.59. The number of pyridine rings is 2. The van der Waals surface area contributed by atoms with E-state index in [1.807, 2.05) is 0 Å². The maximum absolute atomic E-state index is 13.3. The van der Waals surface area contributed by atoms with Gasteiger partial charge in [-0.05, 0) is 86.0 Å². The molecule has 10 heteroatoms. The predicted molar refractivity (Wildman–Crippen MR) is 133 cm³/mol. The minimum Gasteiger partial charge on any atom is -0.350 e. The molecule has 3 heterocycles. The van der Waals surface area contributed by atoms with Crippen LogP contribution in [0, 0.1) is 23.2 Å². The molecule has 0 aliphatic heterocycles. The SMILES string of the molecule is CN(Cc1ccc(C(F)(F)F)cn1)C(=O)c1cn2c(C(=O)NCC34CC5CC(CC(C5)C3)C4)cccc2n1. The second-order valence-electron chi connectivity index (χ2n) is 11.6. The Kier molecular flexibility index (Phi) is 5.96. The third-order valence-corrected chi connectivity index (χ3v) is 8.63. The fourth-order valence-electron chi connectivity index (χ4n) is 7.36. The number of rotatable bonds is 6. The zero-order valence-electron chi connectivity index (χ0n) is 21.2. The summed E-state index contributed by atoms with van der Waals surface area (Å²) in [5, 5.41) is 3.19. The highest BCUT2D eigenvalue weighted by Gasteiger charge is 2.50. The summed E-state index contributed by atoms with van der Waals surface area (Å²) in [7, 11) is 1.53. The lowest BCUT2D eigenvalue weighted by molar-refractivity contribution is -0.137. The van der Waals surface area contributed by atoms with Crippen LogP contribution >= 0.6 is 0 Å². The molecule has 3 aromatic rings. The largest absolute Gasteiger partial charge is 0.417 e. The molecule has 2 amide bonds. The zero-order valence-corrected chi connectivity index (χ0v) is 21.2. The minimum atomic E-state index is -4.47. The molecule has 0 atom stereocenters. The Labute approximate surface area is 218 Å². The van der Waals surface area contributed by atoms with Crippen LogP contribution < -0.4 is 5.32 Å². The van der Waals surface area contributed by atoms with E-state index in [0.717, 1.165) is 30.0 Å². The van der Waals surface area contributed by atoms with Crippen LogP contribution in [0.5, 0.6) is 0 Å². The summed E-state index contributed by atoms with van der Waals surface area (Å²) in [5.41, 5.74) is 0.707. The lowest BCUT2D eigenvalue weighted by Gasteiger charge is -2.56. The van der Waals surface area contributed by atoms with Gasteiger partial charge < -0.3 is 10.2 Å². The monoisotopic (exact) mass is 525 g/mol. The molecule has 4 saturated carbocycles. The molecule has 0 aromatic carbocycles. The van der Waals surface area contributed by atoms with Crippen LogP contribution in [0.1, 0.15) is 70.8 Å². The second kappa shape index (κ2) is 9.10. The zero-order chi connectivity index (χ0) is 26.7. The molecule has 7 rings (SSSR count). The van der Waals surface area contributed by atoms with Gasteiger partial charge in [-0.2, -0.15) is 13.2 Å². The van der Waals surface area contributed by atoms with Gasteiger partial charge in [0.1, 0.15) is 17.0 Å². The fraction of sp³-hybridized carbons (Fsp3) is 0.500. The van der Waals surface area contributed by atoms with Crippen LogP contribution in [-0.2, 0) is 12.7 Å². The first-order valence-electron chi connectivity index (χ1n) is 13.1. The first-order chi connectivity index (χ1) is 18.1. The molecule has 0 saturated heterocycles. The third-order valence-electron chi connectivity index (χ3n) is 8.63. The molecule has 0 radical (unpaired) electrons. The van der Waals surface area contributed by atoms with Gasteiger partial charge in [0.25, 0.3) is 11.8 Å². The first kappa shape index (κ1) is 24.9. The van der Waals surface area contributed by atoms with Crippen molar-refractivity contribution in [3.05, 3.63) is 65.4 Å². The van der Waals surface area contributed by atoms with E-state index in [1.54, 1.807) is 22.6 Å². The van der Waals surface area contributed by atoms with Gasteiger partial charge in [-0.15, -0.1) is 0 Å². The quantitative estimate of drug-likeness (QED) is 0.493. The average Bonchev–Trinajstić information content (AvgIpc) is 3.30. The summed E-state index contributed by atoms with van der Waals surface area (Å²) in [6.45, 7) is 0.693. The lowest BCUT2D eigenvalue weighted by Crippen LogP contribution is -2.51. The highest BCUT2D eigenvalue weighted by molar-refractivity contribution is 5.95. The summed E-state index contributed by atoms with van der Waals surface area (Å²) < 4.78 is 40.0. The standard InChI is InChI=1S/C28H30F3N5O2/c1-35(14-21-6-5-20(13-32-21)28(29,30)31)26(38)22-15-36-23(3-2-4-24(36)34-22)25(37)33-16-27-10-17-7-18(11-27)9-19(8-17)12-27/h2-6,13,15,17-19H,7-12,14,16H2,1H3,(H,33,37). The number of carbonyl (C=O) groups excluding carboxylic acids is 2. The summed E-state index contributed by atoms with van der Waals surface area (Å²) in [6.07, 6.45) is 5.48. The summed E-state index contributed by atoms with van der Waals surface area (Å²) in [5.74, 6) is 1.80. The van der Waals surface area contributed by atoms with Crippen molar-refractivity contribution in [1.29, 1.82) is 0 Å². The van der Waals surface area contributed by atoms with Crippen molar-refractivity contribution in [3.63, 3.8) is 0 Å². The van der Waals surface area contributed by atoms with Crippen molar-refractivity contribution < 1.29 is 22.8 Å². The third kappa shape index (κ3) is 4.65. The molecule has 38 heavy (non-hydrogen) atoms. The van der Waals surface area contributed by atoms with Gasteiger partial charge in [-0.3, -0.25) is 19.0 Å². The van der Waals surface area contributed by atoms with E-state index >= 15 is 0 Å². The molecule has 0 spiro atoms. The topological polar surface area (TPSA) is 79.6 Å². The van der Waals surface area contributed by atoms with E-state index in [4.69, 9.17) is 0 Å². The van der Waals surface area contributed by atoms with Crippen molar-refractivity contribution in [2.75, 3.05) is 13.6 Å². The molecule has 4 aliphatic rings. The minimum absolute atomic E-state index is 0.0171. The van der Waals surface area contributed by atoms with Gasteiger partial charge in [0, 0.05) is 26.0 Å². The summed E-state index contributed by atoms with van der Waals surface area (Å²) >= 11 is 0. The second-order valence-corrected chi connectivity index (χ2v) is 11.6. The molecule has 7 nitrogen and oxygen atoms in total. The number of nitrogens with one attached hydrogen (secondary N) is 1. The number of amides is 2. The maximum atomic E-state index is 13.3. The molecule has 1 N–H and O–H groups in total.